The zero-order chi connectivity index (χ0) is 21.1. The number of benzene rings is 2. The molecule has 0 radical (unpaired) electrons. The van der Waals surface area contributed by atoms with Crippen LogP contribution in [0.2, 0.25) is 5.02 Å². The number of carbonyl (C=O) groups is 1. The van der Waals surface area contributed by atoms with Gasteiger partial charge >= 0.3 is 0 Å². The van der Waals surface area contributed by atoms with E-state index in [4.69, 9.17) is 11.6 Å². The van der Waals surface area contributed by atoms with E-state index in [9.17, 15) is 19.7 Å². The van der Waals surface area contributed by atoms with Crippen LogP contribution >= 0.6 is 27.5 Å². The van der Waals surface area contributed by atoms with Crippen LogP contribution in [0.1, 0.15) is 29.5 Å². The minimum absolute atomic E-state index is 0.0498. The molecule has 0 aliphatic carbocycles. The second-order valence-corrected chi connectivity index (χ2v) is 7.61. The number of nitrogens with one attached hydrogen (secondary N) is 1. The summed E-state index contributed by atoms with van der Waals surface area (Å²) < 4.78 is 0.290. The third-order valence-corrected chi connectivity index (χ3v) is 5.13. The fraction of sp³-hybridized carbons (Fsp3) is 0.211. The Balaban J connectivity index is 1.95. The Morgan fingerprint density at radius 3 is 2.76 bits per heavy atom. The van der Waals surface area contributed by atoms with Gasteiger partial charge in [0.15, 0.2) is 0 Å². The summed E-state index contributed by atoms with van der Waals surface area (Å²) in [5.41, 5.74) is 0.0861. The fourth-order valence-electron chi connectivity index (χ4n) is 2.91. The van der Waals surface area contributed by atoms with Crippen molar-refractivity contribution in [2.75, 3.05) is 6.54 Å². The number of amides is 1. The molecule has 0 saturated heterocycles. The summed E-state index contributed by atoms with van der Waals surface area (Å²) >= 11 is 9.10. The first kappa shape index (κ1) is 20.9. The van der Waals surface area contributed by atoms with E-state index in [-0.39, 0.29) is 23.4 Å². The van der Waals surface area contributed by atoms with Gasteiger partial charge in [0.2, 0.25) is 0 Å². The van der Waals surface area contributed by atoms with Crippen molar-refractivity contribution < 1.29 is 9.72 Å². The highest BCUT2D eigenvalue weighted by Crippen LogP contribution is 2.26. The number of hydrogen-bond donors (Lipinski definition) is 1. The number of nitro benzene ring substituents is 1. The highest BCUT2D eigenvalue weighted by atomic mass is 79.9. The first-order valence-corrected chi connectivity index (χ1v) is 9.89. The highest BCUT2D eigenvalue weighted by molar-refractivity contribution is 9.10. The number of fused-ring (bicyclic) bond motifs is 1. The van der Waals surface area contributed by atoms with E-state index in [1.165, 1.54) is 23.1 Å². The molecule has 0 atom stereocenters. The van der Waals surface area contributed by atoms with Gasteiger partial charge in [0.25, 0.3) is 17.2 Å². The Morgan fingerprint density at radius 1 is 1.31 bits per heavy atom. The lowest BCUT2D eigenvalue weighted by atomic mass is 10.1. The lowest BCUT2D eigenvalue weighted by molar-refractivity contribution is -0.385. The zero-order valence-corrected chi connectivity index (χ0v) is 17.7. The minimum Gasteiger partial charge on any atom is -0.331 e. The quantitative estimate of drug-likeness (QED) is 0.419. The second-order valence-electron chi connectivity index (χ2n) is 6.32. The van der Waals surface area contributed by atoms with Crippen molar-refractivity contribution in [2.24, 2.45) is 0 Å². The van der Waals surface area contributed by atoms with Crippen molar-refractivity contribution in [3.05, 3.63) is 77.7 Å². The maximum Gasteiger partial charge on any atom is 0.284 e. The van der Waals surface area contributed by atoms with Gasteiger partial charge in [-0.05, 0) is 52.7 Å². The SMILES string of the molecule is CCCN(Cc1nc2cc(Cl)ccc2c(=O)[nH]1)C(=O)c1ccc(Br)c([N+](=O)[O-])c1. The van der Waals surface area contributed by atoms with Gasteiger partial charge < -0.3 is 9.88 Å². The van der Waals surface area contributed by atoms with Crippen molar-refractivity contribution in [3.63, 3.8) is 0 Å². The number of rotatable bonds is 6. The summed E-state index contributed by atoms with van der Waals surface area (Å²) in [5, 5.41) is 12.0. The summed E-state index contributed by atoms with van der Waals surface area (Å²) in [6.45, 7) is 2.34. The largest absolute Gasteiger partial charge is 0.331 e. The molecule has 0 aliphatic rings. The third-order valence-electron chi connectivity index (χ3n) is 4.23. The molecular formula is C19H16BrClN4O4. The van der Waals surface area contributed by atoms with Gasteiger partial charge in [-0.15, -0.1) is 0 Å². The van der Waals surface area contributed by atoms with Gasteiger partial charge in [0.1, 0.15) is 5.82 Å². The first-order valence-electron chi connectivity index (χ1n) is 8.71. The van der Waals surface area contributed by atoms with E-state index < -0.39 is 10.8 Å². The smallest absolute Gasteiger partial charge is 0.284 e. The number of halogens is 2. The van der Waals surface area contributed by atoms with Crippen LogP contribution in [0.5, 0.6) is 0 Å². The lowest BCUT2D eigenvalue weighted by Crippen LogP contribution is -2.32. The van der Waals surface area contributed by atoms with E-state index in [2.05, 4.69) is 25.9 Å². The molecule has 0 saturated carbocycles. The molecule has 0 spiro atoms. The lowest BCUT2D eigenvalue weighted by Gasteiger charge is -2.22. The maximum absolute atomic E-state index is 13.0. The summed E-state index contributed by atoms with van der Waals surface area (Å²) in [6.07, 6.45) is 0.661. The van der Waals surface area contributed by atoms with Crippen molar-refractivity contribution in [2.45, 2.75) is 19.9 Å². The van der Waals surface area contributed by atoms with E-state index in [1.54, 1.807) is 18.2 Å². The predicted molar refractivity (Wildman–Crippen MR) is 113 cm³/mol. The number of nitrogens with zero attached hydrogens (tertiary/aromatic N) is 3. The van der Waals surface area contributed by atoms with Crippen LogP contribution < -0.4 is 5.56 Å². The van der Waals surface area contributed by atoms with Crippen LogP contribution in [0.3, 0.4) is 0 Å². The molecule has 10 heteroatoms. The predicted octanol–water partition coefficient (Wildman–Crippen LogP) is 4.30. The number of aromatic nitrogens is 2. The Labute approximate surface area is 178 Å². The van der Waals surface area contributed by atoms with Gasteiger partial charge in [0.05, 0.1) is 26.8 Å². The molecule has 1 heterocycles. The molecule has 1 N–H and O–H groups in total. The monoisotopic (exact) mass is 478 g/mol. The van der Waals surface area contributed by atoms with Crippen LogP contribution in [0.15, 0.2) is 45.7 Å². The van der Waals surface area contributed by atoms with Crippen LogP contribution in [0.25, 0.3) is 10.9 Å². The van der Waals surface area contributed by atoms with E-state index in [0.717, 1.165) is 0 Å². The molecule has 3 rings (SSSR count). The third kappa shape index (κ3) is 4.63. The van der Waals surface area contributed by atoms with Crippen LogP contribution in [-0.4, -0.2) is 32.2 Å². The Kier molecular flexibility index (Phi) is 6.29. The highest BCUT2D eigenvalue weighted by Gasteiger charge is 2.21. The average Bonchev–Trinajstić information content (AvgIpc) is 2.67. The Bertz CT molecular complexity index is 1160. The standard InChI is InChI=1S/C19H16BrClN4O4/c1-2-7-24(19(27)11-3-6-14(20)16(8-11)25(28)29)10-17-22-15-9-12(21)4-5-13(15)18(26)23-17/h3-6,8-9H,2,7,10H2,1H3,(H,22,23,26). The molecule has 8 nitrogen and oxygen atoms in total. The molecule has 1 aromatic heterocycles. The van der Waals surface area contributed by atoms with E-state index in [0.29, 0.717) is 39.2 Å². The van der Waals surface area contributed by atoms with Gasteiger partial charge in [0, 0.05) is 23.2 Å². The van der Waals surface area contributed by atoms with Gasteiger partial charge in [-0.2, -0.15) is 0 Å². The summed E-state index contributed by atoms with van der Waals surface area (Å²) in [4.78, 5) is 44.5. The maximum atomic E-state index is 13.0. The molecule has 3 aromatic rings. The van der Waals surface area contributed by atoms with E-state index >= 15 is 0 Å². The molecule has 0 aliphatic heterocycles. The fourth-order valence-corrected chi connectivity index (χ4v) is 3.46. The van der Waals surface area contributed by atoms with Crippen molar-refractivity contribution in [3.8, 4) is 0 Å². The molecular weight excluding hydrogens is 464 g/mol. The van der Waals surface area contributed by atoms with Crippen molar-refractivity contribution in [1.29, 1.82) is 0 Å². The number of H-pyrrole nitrogens is 1. The molecule has 150 valence electrons. The molecule has 0 unspecified atom stereocenters. The number of carbonyl (C=O) groups excluding carboxylic acids is 1. The Hall–Kier alpha value is -2.78. The van der Waals surface area contributed by atoms with Crippen molar-refractivity contribution in [1.82, 2.24) is 14.9 Å². The second kappa shape index (κ2) is 8.71. The van der Waals surface area contributed by atoms with Gasteiger partial charge in [-0.3, -0.25) is 19.7 Å². The number of hydrogen-bond acceptors (Lipinski definition) is 5. The molecule has 0 fully saturated rings. The molecule has 1 amide bonds. The molecule has 2 aromatic carbocycles. The van der Waals surface area contributed by atoms with E-state index in [1.807, 2.05) is 6.92 Å². The van der Waals surface area contributed by atoms with Gasteiger partial charge in [-0.1, -0.05) is 18.5 Å². The van der Waals surface area contributed by atoms with Crippen LogP contribution in [0, 0.1) is 10.1 Å². The van der Waals surface area contributed by atoms with Gasteiger partial charge in [-0.25, -0.2) is 4.98 Å². The van der Waals surface area contributed by atoms with Crippen molar-refractivity contribution >= 4 is 50.0 Å². The van der Waals surface area contributed by atoms with Crippen LogP contribution in [0.4, 0.5) is 5.69 Å². The molecule has 29 heavy (non-hydrogen) atoms. The number of nitro groups is 1. The average molecular weight is 480 g/mol. The zero-order valence-electron chi connectivity index (χ0n) is 15.3. The number of aromatic amines is 1. The normalized spacial score (nSPS) is 10.9. The van der Waals surface area contributed by atoms with Crippen LogP contribution in [-0.2, 0) is 6.54 Å². The topological polar surface area (TPSA) is 109 Å². The summed E-state index contributed by atoms with van der Waals surface area (Å²) in [7, 11) is 0. The Morgan fingerprint density at radius 2 is 2.07 bits per heavy atom. The first-order chi connectivity index (χ1) is 13.8. The summed E-state index contributed by atoms with van der Waals surface area (Å²) in [6, 6.07) is 8.98. The summed E-state index contributed by atoms with van der Waals surface area (Å²) in [5.74, 6) is -0.0885. The molecule has 0 bridgehead atoms. The minimum atomic E-state index is -0.558.